The molecule has 7 rings (SSSR count). The summed E-state index contributed by atoms with van der Waals surface area (Å²) in [6.45, 7) is 7.12. The van der Waals surface area contributed by atoms with Crippen molar-refractivity contribution in [1.29, 1.82) is 0 Å². The van der Waals surface area contributed by atoms with Crippen LogP contribution in [-0.2, 0) is 23.3 Å². The molecular formula is C37H35FN8O5S. The van der Waals surface area contributed by atoms with Gasteiger partial charge >= 0.3 is 5.97 Å². The number of halogens is 1. The Hall–Kier alpha value is -5.93. The second-order valence-corrected chi connectivity index (χ2v) is 13.6. The van der Waals surface area contributed by atoms with Gasteiger partial charge < -0.3 is 29.8 Å². The zero-order valence-electron chi connectivity index (χ0n) is 28.6. The number of rotatable bonds is 12. The third kappa shape index (κ3) is 7.41. The molecule has 6 aromatic rings. The second kappa shape index (κ2) is 14.4. The fourth-order valence-corrected chi connectivity index (χ4v) is 6.86. The monoisotopic (exact) mass is 722 g/mol. The maximum atomic E-state index is 14.7. The van der Waals surface area contributed by atoms with E-state index < -0.39 is 22.9 Å². The molecule has 0 radical (unpaired) electrons. The molecule has 1 amide bonds. The smallest absolute Gasteiger partial charge is 0.338 e. The molecule has 266 valence electrons. The summed E-state index contributed by atoms with van der Waals surface area (Å²) in [5.74, 6) is -1.76. The van der Waals surface area contributed by atoms with E-state index >= 15 is 0 Å². The maximum Gasteiger partial charge on any atom is 0.338 e. The number of carbonyl (C=O) groups is 2. The van der Waals surface area contributed by atoms with Crippen LogP contribution in [0.15, 0.2) is 78.8 Å². The number of anilines is 1. The van der Waals surface area contributed by atoms with Gasteiger partial charge in [-0.1, -0.05) is 11.3 Å². The lowest BCUT2D eigenvalue weighted by Gasteiger charge is -2.37. The Morgan fingerprint density at radius 3 is 2.69 bits per heavy atom. The molecule has 3 N–H and O–H groups in total. The fourth-order valence-electron chi connectivity index (χ4n) is 6.32. The zero-order chi connectivity index (χ0) is 36.4. The molecule has 0 spiro atoms. The molecule has 3 aromatic heterocycles. The highest BCUT2D eigenvalue weighted by Crippen LogP contribution is 2.41. The molecule has 0 saturated heterocycles. The van der Waals surface area contributed by atoms with Crippen LogP contribution in [0.4, 0.5) is 9.52 Å². The largest absolute Gasteiger partial charge is 0.488 e. The second-order valence-electron chi connectivity index (χ2n) is 12.7. The zero-order valence-corrected chi connectivity index (χ0v) is 29.4. The average Bonchev–Trinajstić information content (AvgIpc) is 3.88. The number of aryl methyl sites for hydroxylation is 2. The number of nitrogens with one attached hydrogen (secondary N) is 2. The standard InChI is InChI=1S/C37H35FN8O5S/c1-22-14-25(4-7-31(22)45-19-23(2)40-21-45)30-20-46(44-43-30)11-12-50-32-15-24-8-9-41-37(3,18-34(47)42-36-39-10-13-52-36)28(24)17-33(32)51-26-5-6-27(35(48)49)29(38)16-26/h4-7,10,13-17,19-21,41H,8-9,11-12,18H2,1-3H3,(H,48,49)(H,39,42,47)/t37-/m1/s1. The van der Waals surface area contributed by atoms with Crippen molar-refractivity contribution in [2.75, 3.05) is 18.5 Å². The number of aromatic nitrogens is 6. The molecule has 0 aliphatic carbocycles. The van der Waals surface area contributed by atoms with Crippen LogP contribution in [0.2, 0.25) is 0 Å². The first-order valence-electron chi connectivity index (χ1n) is 16.5. The third-order valence-electron chi connectivity index (χ3n) is 8.86. The Bertz CT molecular complexity index is 2270. The molecule has 13 nitrogen and oxygen atoms in total. The summed E-state index contributed by atoms with van der Waals surface area (Å²) in [6.07, 6.45) is 8.02. The molecular weight excluding hydrogens is 688 g/mol. The Kier molecular flexibility index (Phi) is 9.53. The normalized spacial score (nSPS) is 15.2. The number of fused-ring (bicyclic) bond motifs is 1. The number of amides is 1. The number of ether oxygens (including phenoxy) is 2. The van der Waals surface area contributed by atoms with Gasteiger partial charge in [-0.3, -0.25) is 4.79 Å². The van der Waals surface area contributed by atoms with Gasteiger partial charge in [0.05, 0.1) is 30.3 Å². The number of hydrogen-bond acceptors (Lipinski definition) is 10. The number of carbonyl (C=O) groups excluding carboxylic acids is 1. The summed E-state index contributed by atoms with van der Waals surface area (Å²) in [6, 6.07) is 13.3. The highest BCUT2D eigenvalue weighted by atomic mass is 32.1. The topological polar surface area (TPSA) is 158 Å². The van der Waals surface area contributed by atoms with Crippen molar-refractivity contribution in [3.8, 4) is 34.2 Å². The summed E-state index contributed by atoms with van der Waals surface area (Å²) in [4.78, 5) is 32.9. The molecule has 1 aliphatic rings. The highest BCUT2D eigenvalue weighted by Gasteiger charge is 2.35. The van der Waals surface area contributed by atoms with Crippen molar-refractivity contribution in [1.82, 2.24) is 34.8 Å². The van der Waals surface area contributed by atoms with Crippen LogP contribution in [0.3, 0.4) is 0 Å². The third-order valence-corrected chi connectivity index (χ3v) is 9.55. The minimum Gasteiger partial charge on any atom is -0.488 e. The Morgan fingerprint density at radius 2 is 1.96 bits per heavy atom. The maximum absolute atomic E-state index is 14.7. The number of imidazole rings is 1. The van der Waals surface area contributed by atoms with Crippen LogP contribution >= 0.6 is 11.3 Å². The van der Waals surface area contributed by atoms with E-state index in [1.165, 1.54) is 17.4 Å². The summed E-state index contributed by atoms with van der Waals surface area (Å²) < 4.78 is 30.8. The lowest BCUT2D eigenvalue weighted by molar-refractivity contribution is -0.117. The van der Waals surface area contributed by atoms with E-state index in [0.717, 1.165) is 45.8 Å². The lowest BCUT2D eigenvalue weighted by atomic mass is 9.81. The van der Waals surface area contributed by atoms with Gasteiger partial charge in [0, 0.05) is 53.6 Å². The number of benzene rings is 3. The molecule has 0 fully saturated rings. The van der Waals surface area contributed by atoms with E-state index in [1.54, 1.807) is 28.7 Å². The van der Waals surface area contributed by atoms with E-state index in [9.17, 15) is 19.1 Å². The minimum absolute atomic E-state index is 0.0877. The van der Waals surface area contributed by atoms with Crippen LogP contribution < -0.4 is 20.1 Å². The molecule has 4 heterocycles. The molecule has 0 saturated carbocycles. The van der Waals surface area contributed by atoms with Crippen molar-refractivity contribution in [3.63, 3.8) is 0 Å². The first kappa shape index (κ1) is 34.5. The van der Waals surface area contributed by atoms with Gasteiger partial charge in [0.25, 0.3) is 0 Å². The highest BCUT2D eigenvalue weighted by molar-refractivity contribution is 7.13. The number of aromatic carboxylic acids is 1. The number of thiazole rings is 1. The van der Waals surface area contributed by atoms with Crippen molar-refractivity contribution in [2.24, 2.45) is 0 Å². The number of carboxylic acids is 1. The van der Waals surface area contributed by atoms with Crippen LogP contribution in [0, 0.1) is 19.7 Å². The molecule has 1 aliphatic heterocycles. The summed E-state index contributed by atoms with van der Waals surface area (Å²) in [7, 11) is 0. The van der Waals surface area contributed by atoms with E-state index in [0.29, 0.717) is 36.1 Å². The van der Waals surface area contributed by atoms with Crippen molar-refractivity contribution >= 4 is 28.3 Å². The first-order valence-corrected chi connectivity index (χ1v) is 17.4. The molecule has 52 heavy (non-hydrogen) atoms. The van der Waals surface area contributed by atoms with Gasteiger partial charge in [0.1, 0.15) is 23.9 Å². The minimum atomic E-state index is -1.38. The van der Waals surface area contributed by atoms with Gasteiger partial charge in [0.2, 0.25) is 5.91 Å². The molecule has 0 unspecified atom stereocenters. The van der Waals surface area contributed by atoms with E-state index in [2.05, 4.69) is 37.0 Å². The van der Waals surface area contributed by atoms with Crippen LogP contribution in [0.1, 0.15) is 46.1 Å². The summed E-state index contributed by atoms with van der Waals surface area (Å²) in [5, 5.41) is 26.6. The Labute approximate surface area is 302 Å². The van der Waals surface area contributed by atoms with Gasteiger partial charge in [-0.15, -0.1) is 16.4 Å². The lowest BCUT2D eigenvalue weighted by Crippen LogP contribution is -2.47. The molecule has 1 atom stereocenters. The van der Waals surface area contributed by atoms with Crippen LogP contribution in [0.25, 0.3) is 16.9 Å². The van der Waals surface area contributed by atoms with Gasteiger partial charge in [-0.05, 0) is 80.3 Å². The average molecular weight is 723 g/mol. The number of hydrogen-bond donors (Lipinski definition) is 3. The Morgan fingerprint density at radius 1 is 1.10 bits per heavy atom. The van der Waals surface area contributed by atoms with Crippen molar-refractivity contribution in [3.05, 3.63) is 113 Å². The predicted octanol–water partition coefficient (Wildman–Crippen LogP) is 6.30. The van der Waals surface area contributed by atoms with E-state index in [4.69, 9.17) is 9.47 Å². The predicted molar refractivity (Wildman–Crippen MR) is 192 cm³/mol. The Balaban J connectivity index is 1.11. The van der Waals surface area contributed by atoms with E-state index in [1.807, 2.05) is 55.9 Å². The quantitative estimate of drug-likeness (QED) is 0.131. The van der Waals surface area contributed by atoms with Gasteiger partial charge in [0.15, 0.2) is 16.6 Å². The summed E-state index contributed by atoms with van der Waals surface area (Å²) in [5.41, 5.74) is 5.23. The fraction of sp³-hybridized carbons (Fsp3) is 0.243. The van der Waals surface area contributed by atoms with Crippen molar-refractivity contribution in [2.45, 2.75) is 45.7 Å². The SMILES string of the molecule is Cc1cn(-c2ccc(-c3cn(CCOc4cc5c(cc4Oc4ccc(C(=O)O)c(F)c4)[C@@](C)(CC(=O)Nc4nccs4)NCC5)nn3)cc2C)cn1. The van der Waals surface area contributed by atoms with Crippen molar-refractivity contribution < 1.29 is 28.6 Å². The van der Waals surface area contributed by atoms with Gasteiger partial charge in [-0.2, -0.15) is 0 Å². The molecule has 3 aromatic carbocycles. The number of nitrogens with zero attached hydrogens (tertiary/aromatic N) is 6. The van der Waals surface area contributed by atoms with Crippen LogP contribution in [0.5, 0.6) is 17.2 Å². The molecule has 0 bridgehead atoms. The molecule has 15 heteroatoms. The van der Waals surface area contributed by atoms with E-state index in [-0.39, 0.29) is 30.4 Å². The summed E-state index contributed by atoms with van der Waals surface area (Å²) >= 11 is 1.33. The first-order chi connectivity index (χ1) is 25.0. The van der Waals surface area contributed by atoms with Crippen LogP contribution in [-0.4, -0.2) is 59.7 Å². The van der Waals surface area contributed by atoms with Gasteiger partial charge in [-0.25, -0.2) is 23.8 Å². The number of carboxylic acid groups (broad SMARTS) is 1.